The second-order valence-electron chi connectivity index (χ2n) is 4.46. The van der Waals surface area contributed by atoms with E-state index in [4.69, 9.17) is 4.74 Å². The Morgan fingerprint density at radius 3 is 2.88 bits per heavy atom. The lowest BCUT2D eigenvalue weighted by Gasteiger charge is -2.30. The molecule has 88 valence electrons. The predicted molar refractivity (Wildman–Crippen MR) is 66.6 cm³/mol. The van der Waals surface area contributed by atoms with Crippen LogP contribution in [0.2, 0.25) is 0 Å². The molecule has 0 spiro atoms. The molecule has 1 aromatic carbocycles. The second-order valence-corrected chi connectivity index (χ2v) is 4.46. The van der Waals surface area contributed by atoms with Crippen LogP contribution in [0.5, 0.6) is 0 Å². The summed E-state index contributed by atoms with van der Waals surface area (Å²) in [5.74, 6) is 0. The van der Waals surface area contributed by atoms with Crippen molar-refractivity contribution in [3.8, 4) is 0 Å². The minimum absolute atomic E-state index is 0.389. The Hall–Kier alpha value is -0.860. The van der Waals surface area contributed by atoms with Crippen LogP contribution in [-0.4, -0.2) is 25.3 Å². The first-order chi connectivity index (χ1) is 7.88. The molecule has 2 unspecified atom stereocenters. The van der Waals surface area contributed by atoms with Crippen LogP contribution in [0.15, 0.2) is 30.3 Å². The fourth-order valence-electron chi connectivity index (χ4n) is 2.37. The molecule has 16 heavy (non-hydrogen) atoms. The van der Waals surface area contributed by atoms with Crippen molar-refractivity contribution < 1.29 is 4.74 Å². The molecular weight excluding hydrogens is 198 g/mol. The van der Waals surface area contributed by atoms with Gasteiger partial charge in [-0.25, -0.2) is 0 Å². The molecule has 0 amide bonds. The van der Waals surface area contributed by atoms with Gasteiger partial charge in [0.1, 0.15) is 0 Å². The Morgan fingerprint density at radius 2 is 2.12 bits per heavy atom. The van der Waals surface area contributed by atoms with Crippen molar-refractivity contribution in [3.63, 3.8) is 0 Å². The van der Waals surface area contributed by atoms with Gasteiger partial charge in [-0.15, -0.1) is 0 Å². The van der Waals surface area contributed by atoms with Gasteiger partial charge in [0.05, 0.1) is 6.10 Å². The number of rotatable bonds is 4. The maximum atomic E-state index is 5.82. The zero-order valence-electron chi connectivity index (χ0n) is 9.99. The molecule has 0 bridgehead atoms. The first kappa shape index (κ1) is 11.6. The van der Waals surface area contributed by atoms with Crippen molar-refractivity contribution in [1.82, 2.24) is 5.32 Å². The third-order valence-corrected chi connectivity index (χ3v) is 3.17. The smallest absolute Gasteiger partial charge is 0.0630 e. The van der Waals surface area contributed by atoms with Crippen LogP contribution in [0.25, 0.3) is 0 Å². The van der Waals surface area contributed by atoms with Gasteiger partial charge >= 0.3 is 0 Å². The summed E-state index contributed by atoms with van der Waals surface area (Å²) in [6.07, 6.45) is 3.73. The van der Waals surface area contributed by atoms with Gasteiger partial charge in [0, 0.05) is 12.6 Å². The summed E-state index contributed by atoms with van der Waals surface area (Å²) >= 11 is 0. The van der Waals surface area contributed by atoms with Gasteiger partial charge in [-0.2, -0.15) is 0 Å². The Kier molecular flexibility index (Phi) is 4.37. The molecule has 2 atom stereocenters. The molecule has 0 radical (unpaired) electrons. The van der Waals surface area contributed by atoms with E-state index in [1.165, 1.54) is 5.56 Å². The lowest BCUT2D eigenvalue weighted by Crippen LogP contribution is -2.39. The van der Waals surface area contributed by atoms with Crippen molar-refractivity contribution >= 4 is 0 Å². The van der Waals surface area contributed by atoms with Crippen LogP contribution in [-0.2, 0) is 11.2 Å². The average Bonchev–Trinajstić information content (AvgIpc) is 2.31. The fraction of sp³-hybridized carbons (Fsp3) is 0.571. The van der Waals surface area contributed by atoms with Crippen LogP contribution >= 0.6 is 0 Å². The van der Waals surface area contributed by atoms with Crippen molar-refractivity contribution in [2.45, 2.75) is 38.3 Å². The van der Waals surface area contributed by atoms with Crippen LogP contribution < -0.4 is 5.32 Å². The predicted octanol–water partition coefficient (Wildman–Crippen LogP) is 2.39. The van der Waals surface area contributed by atoms with E-state index in [0.29, 0.717) is 12.1 Å². The van der Waals surface area contributed by atoms with Crippen molar-refractivity contribution in [1.29, 1.82) is 0 Å². The lowest BCUT2D eigenvalue weighted by molar-refractivity contribution is 0.00268. The summed E-state index contributed by atoms with van der Waals surface area (Å²) in [4.78, 5) is 0. The highest BCUT2D eigenvalue weighted by atomic mass is 16.5. The van der Waals surface area contributed by atoms with Gasteiger partial charge in [0.15, 0.2) is 0 Å². The highest BCUT2D eigenvalue weighted by Crippen LogP contribution is 2.17. The summed E-state index contributed by atoms with van der Waals surface area (Å²) in [5.41, 5.74) is 1.38. The summed E-state index contributed by atoms with van der Waals surface area (Å²) in [5, 5.41) is 3.52. The van der Waals surface area contributed by atoms with Crippen LogP contribution in [0.3, 0.4) is 0 Å². The van der Waals surface area contributed by atoms with Gasteiger partial charge in [-0.05, 0) is 31.4 Å². The van der Waals surface area contributed by atoms with E-state index in [1.54, 1.807) is 0 Å². The van der Waals surface area contributed by atoms with Crippen LogP contribution in [0.4, 0.5) is 0 Å². The zero-order valence-corrected chi connectivity index (χ0v) is 9.99. The van der Waals surface area contributed by atoms with E-state index in [-0.39, 0.29) is 0 Å². The molecule has 1 aliphatic rings. The molecule has 2 rings (SSSR count). The molecule has 1 aromatic rings. The molecule has 0 aromatic heterocycles. The molecular formula is C14H21NO. The van der Waals surface area contributed by atoms with E-state index >= 15 is 0 Å². The highest BCUT2D eigenvalue weighted by molar-refractivity contribution is 5.15. The Bertz CT molecular complexity index is 297. The first-order valence-corrected chi connectivity index (χ1v) is 6.27. The topological polar surface area (TPSA) is 21.3 Å². The standard InChI is InChI=1S/C14H21NO/c1-2-15-13-8-9-16-14(11-13)10-12-6-4-3-5-7-12/h3-7,13-15H,2,8-11H2,1H3. The van der Waals surface area contributed by atoms with Crippen LogP contribution in [0.1, 0.15) is 25.3 Å². The average molecular weight is 219 g/mol. The number of hydrogen-bond acceptors (Lipinski definition) is 2. The van der Waals surface area contributed by atoms with Gasteiger partial charge in [0.25, 0.3) is 0 Å². The number of nitrogens with one attached hydrogen (secondary N) is 1. The van der Waals surface area contributed by atoms with Gasteiger partial charge in [-0.3, -0.25) is 0 Å². The van der Waals surface area contributed by atoms with E-state index in [9.17, 15) is 0 Å². The van der Waals surface area contributed by atoms with Crippen molar-refractivity contribution in [3.05, 3.63) is 35.9 Å². The maximum Gasteiger partial charge on any atom is 0.0630 e. The van der Waals surface area contributed by atoms with E-state index in [1.807, 2.05) is 0 Å². The number of benzene rings is 1. The molecule has 1 aliphatic heterocycles. The SMILES string of the molecule is CCNC1CCOC(Cc2ccccc2)C1. The summed E-state index contributed by atoms with van der Waals surface area (Å²) in [6.45, 7) is 4.12. The van der Waals surface area contributed by atoms with Crippen molar-refractivity contribution in [2.24, 2.45) is 0 Å². The first-order valence-electron chi connectivity index (χ1n) is 6.27. The van der Waals surface area contributed by atoms with Crippen molar-refractivity contribution in [2.75, 3.05) is 13.2 Å². The summed E-state index contributed by atoms with van der Waals surface area (Å²) in [6, 6.07) is 11.3. The second kappa shape index (κ2) is 6.02. The van der Waals surface area contributed by atoms with Gasteiger partial charge in [-0.1, -0.05) is 37.3 Å². The molecule has 1 N–H and O–H groups in total. The minimum Gasteiger partial charge on any atom is -0.378 e. The van der Waals surface area contributed by atoms with Gasteiger partial charge < -0.3 is 10.1 Å². The van der Waals surface area contributed by atoms with Crippen LogP contribution in [0, 0.1) is 0 Å². The normalized spacial score (nSPS) is 25.6. The molecule has 1 saturated heterocycles. The largest absolute Gasteiger partial charge is 0.378 e. The Balaban J connectivity index is 1.85. The summed E-state index contributed by atoms with van der Waals surface area (Å²) in [7, 11) is 0. The molecule has 2 heteroatoms. The molecule has 1 heterocycles. The Morgan fingerprint density at radius 1 is 1.31 bits per heavy atom. The number of hydrogen-bond donors (Lipinski definition) is 1. The monoisotopic (exact) mass is 219 g/mol. The number of ether oxygens (including phenoxy) is 1. The maximum absolute atomic E-state index is 5.82. The molecule has 1 fully saturated rings. The van der Waals surface area contributed by atoms with E-state index in [2.05, 4.69) is 42.6 Å². The molecule has 0 aliphatic carbocycles. The van der Waals surface area contributed by atoms with E-state index < -0.39 is 0 Å². The quantitative estimate of drug-likeness (QED) is 0.839. The molecule has 0 saturated carbocycles. The highest BCUT2D eigenvalue weighted by Gasteiger charge is 2.21. The third-order valence-electron chi connectivity index (χ3n) is 3.17. The minimum atomic E-state index is 0.389. The fourth-order valence-corrected chi connectivity index (χ4v) is 2.37. The third kappa shape index (κ3) is 3.32. The lowest BCUT2D eigenvalue weighted by atomic mass is 9.98. The zero-order chi connectivity index (χ0) is 11.2. The molecule has 2 nitrogen and oxygen atoms in total. The van der Waals surface area contributed by atoms with Gasteiger partial charge in [0.2, 0.25) is 0 Å². The Labute approximate surface area is 98.0 Å². The summed E-state index contributed by atoms with van der Waals surface area (Å²) < 4.78 is 5.82. The van der Waals surface area contributed by atoms with E-state index in [0.717, 1.165) is 32.4 Å².